The van der Waals surface area contributed by atoms with Gasteiger partial charge in [-0.2, -0.15) is 0 Å². The molecule has 0 saturated carbocycles. The molecule has 16 heavy (non-hydrogen) atoms. The van der Waals surface area contributed by atoms with E-state index in [1.807, 2.05) is 6.07 Å². The van der Waals surface area contributed by atoms with E-state index in [1.165, 1.54) is 4.88 Å². The molecule has 1 atom stereocenters. The summed E-state index contributed by atoms with van der Waals surface area (Å²) in [5.41, 5.74) is 0. The fraction of sp³-hybridized carbons (Fsp3) is 0.500. The Balaban J connectivity index is 2.34. The molecule has 1 aromatic rings. The molecule has 1 heterocycles. The first-order chi connectivity index (χ1) is 7.63. The van der Waals surface area contributed by atoms with Gasteiger partial charge in [-0.15, -0.1) is 17.8 Å². The Hall–Kier alpha value is -0.530. The van der Waals surface area contributed by atoms with Crippen LogP contribution in [0.5, 0.6) is 0 Å². The number of nitrogens with zero attached hydrogens (tertiary/aromatic N) is 1. The average molecular weight is 257 g/mol. The molecule has 1 rings (SSSR count). The van der Waals surface area contributed by atoms with E-state index in [9.17, 15) is 0 Å². The van der Waals surface area contributed by atoms with Crippen LogP contribution in [0, 0.1) is 12.3 Å². The molecule has 1 aromatic heterocycles. The molecular weight excluding hydrogens is 240 g/mol. The number of hydrogen-bond donors (Lipinski definition) is 1. The Morgan fingerprint density at radius 3 is 2.94 bits per heavy atom. The molecule has 0 fully saturated rings. The highest BCUT2D eigenvalue weighted by Crippen LogP contribution is 2.22. The van der Waals surface area contributed by atoms with Crippen LogP contribution in [0.3, 0.4) is 0 Å². The van der Waals surface area contributed by atoms with E-state index < -0.39 is 0 Å². The minimum atomic E-state index is 0.453. The molecule has 0 aliphatic carbocycles. The summed E-state index contributed by atoms with van der Waals surface area (Å²) >= 11 is 7.52. The number of rotatable bonds is 6. The van der Waals surface area contributed by atoms with Crippen molar-refractivity contribution in [2.24, 2.45) is 0 Å². The molecule has 0 aliphatic heterocycles. The van der Waals surface area contributed by atoms with Gasteiger partial charge in [0.25, 0.3) is 0 Å². The van der Waals surface area contributed by atoms with Crippen molar-refractivity contribution in [3.05, 3.63) is 21.3 Å². The Morgan fingerprint density at radius 1 is 1.62 bits per heavy atom. The fourth-order valence-electron chi connectivity index (χ4n) is 1.35. The van der Waals surface area contributed by atoms with E-state index in [1.54, 1.807) is 11.3 Å². The van der Waals surface area contributed by atoms with Crippen molar-refractivity contribution in [1.29, 1.82) is 0 Å². The van der Waals surface area contributed by atoms with Crippen LogP contribution in [0.15, 0.2) is 12.1 Å². The van der Waals surface area contributed by atoms with Crippen molar-refractivity contribution in [3.8, 4) is 12.3 Å². The second-order valence-corrected chi connectivity index (χ2v) is 5.60. The van der Waals surface area contributed by atoms with Crippen molar-refractivity contribution in [1.82, 2.24) is 10.2 Å². The lowest BCUT2D eigenvalue weighted by Crippen LogP contribution is -2.37. The van der Waals surface area contributed by atoms with Crippen LogP contribution in [0.4, 0.5) is 0 Å². The third kappa shape index (κ3) is 4.54. The van der Waals surface area contributed by atoms with E-state index in [-0.39, 0.29) is 0 Å². The zero-order chi connectivity index (χ0) is 12.0. The van der Waals surface area contributed by atoms with Gasteiger partial charge in [0.15, 0.2) is 0 Å². The largest absolute Gasteiger partial charge is 0.305 e. The summed E-state index contributed by atoms with van der Waals surface area (Å²) in [5, 5.41) is 3.21. The fourth-order valence-corrected chi connectivity index (χ4v) is 2.50. The van der Waals surface area contributed by atoms with Crippen LogP contribution in [-0.4, -0.2) is 31.1 Å². The van der Waals surface area contributed by atoms with Gasteiger partial charge in [-0.1, -0.05) is 17.5 Å². The second kappa shape index (κ2) is 6.93. The Kier molecular flexibility index (Phi) is 5.86. The standard InChI is InChI=1S/C12H17ClN2S/c1-4-7-14-8-10(2)15(3)9-11-5-6-12(13)16-11/h1,5-6,10,14H,7-9H2,2-3H3. The third-order valence-corrected chi connectivity index (χ3v) is 3.67. The summed E-state index contributed by atoms with van der Waals surface area (Å²) in [6.45, 7) is 4.64. The van der Waals surface area contributed by atoms with Crippen molar-refractivity contribution < 1.29 is 0 Å². The van der Waals surface area contributed by atoms with Crippen LogP contribution < -0.4 is 5.32 Å². The predicted molar refractivity (Wildman–Crippen MR) is 72.0 cm³/mol. The van der Waals surface area contributed by atoms with E-state index in [2.05, 4.69) is 36.2 Å². The highest BCUT2D eigenvalue weighted by atomic mass is 35.5. The molecular formula is C12H17ClN2S. The second-order valence-electron chi connectivity index (χ2n) is 3.80. The Labute approximate surface area is 107 Å². The van der Waals surface area contributed by atoms with Gasteiger partial charge in [0.2, 0.25) is 0 Å². The first-order valence-corrected chi connectivity index (χ1v) is 6.41. The van der Waals surface area contributed by atoms with Gasteiger partial charge in [0.05, 0.1) is 10.9 Å². The molecule has 0 amide bonds. The maximum atomic E-state index is 5.89. The lowest BCUT2D eigenvalue weighted by atomic mass is 10.3. The number of terminal acetylenes is 1. The Morgan fingerprint density at radius 2 is 2.38 bits per heavy atom. The Bertz CT molecular complexity index is 356. The minimum Gasteiger partial charge on any atom is -0.305 e. The molecule has 0 bridgehead atoms. The maximum Gasteiger partial charge on any atom is 0.0931 e. The summed E-state index contributed by atoms with van der Waals surface area (Å²) in [6, 6.07) is 4.47. The summed E-state index contributed by atoms with van der Waals surface area (Å²) < 4.78 is 0.849. The van der Waals surface area contributed by atoms with E-state index in [4.69, 9.17) is 18.0 Å². The van der Waals surface area contributed by atoms with Gasteiger partial charge in [-0.3, -0.25) is 4.90 Å². The predicted octanol–water partition coefficient (Wildman–Crippen LogP) is 2.44. The normalized spacial score (nSPS) is 12.7. The van der Waals surface area contributed by atoms with Gasteiger partial charge in [-0.25, -0.2) is 0 Å². The first-order valence-electron chi connectivity index (χ1n) is 5.22. The zero-order valence-corrected chi connectivity index (χ0v) is 11.2. The summed E-state index contributed by atoms with van der Waals surface area (Å²) in [4.78, 5) is 3.57. The maximum absolute atomic E-state index is 5.89. The van der Waals surface area contributed by atoms with Crippen LogP contribution in [0.25, 0.3) is 0 Å². The van der Waals surface area contributed by atoms with Crippen molar-refractivity contribution in [3.63, 3.8) is 0 Å². The number of likely N-dealkylation sites (N-methyl/N-ethyl adjacent to an activating group) is 1. The van der Waals surface area contributed by atoms with Crippen molar-refractivity contribution in [2.45, 2.75) is 19.5 Å². The van der Waals surface area contributed by atoms with Crippen molar-refractivity contribution >= 4 is 22.9 Å². The van der Waals surface area contributed by atoms with Crippen LogP contribution in [0.2, 0.25) is 4.34 Å². The van der Waals surface area contributed by atoms with E-state index >= 15 is 0 Å². The minimum absolute atomic E-state index is 0.453. The zero-order valence-electron chi connectivity index (χ0n) is 9.66. The number of nitrogens with one attached hydrogen (secondary N) is 1. The SMILES string of the molecule is C#CCNCC(C)N(C)Cc1ccc(Cl)s1. The summed E-state index contributed by atoms with van der Waals surface area (Å²) in [6.07, 6.45) is 5.18. The highest BCUT2D eigenvalue weighted by molar-refractivity contribution is 7.16. The molecule has 0 aliphatic rings. The van der Waals surface area contributed by atoms with E-state index in [0.29, 0.717) is 12.6 Å². The van der Waals surface area contributed by atoms with E-state index in [0.717, 1.165) is 17.4 Å². The van der Waals surface area contributed by atoms with Gasteiger partial charge in [-0.05, 0) is 26.1 Å². The first kappa shape index (κ1) is 13.5. The molecule has 0 radical (unpaired) electrons. The molecule has 1 N–H and O–H groups in total. The van der Waals surface area contributed by atoms with Gasteiger partial charge in [0.1, 0.15) is 0 Å². The van der Waals surface area contributed by atoms with Crippen molar-refractivity contribution in [2.75, 3.05) is 20.1 Å². The lowest BCUT2D eigenvalue weighted by Gasteiger charge is -2.24. The van der Waals surface area contributed by atoms with Crippen LogP contribution in [0.1, 0.15) is 11.8 Å². The molecule has 1 unspecified atom stereocenters. The average Bonchev–Trinajstić information content (AvgIpc) is 2.64. The van der Waals surface area contributed by atoms with Crippen LogP contribution >= 0.6 is 22.9 Å². The molecule has 4 heteroatoms. The lowest BCUT2D eigenvalue weighted by molar-refractivity contribution is 0.247. The summed E-state index contributed by atoms with van der Waals surface area (Å²) in [7, 11) is 2.11. The third-order valence-electron chi connectivity index (χ3n) is 2.45. The van der Waals surface area contributed by atoms with Gasteiger partial charge in [0, 0.05) is 24.0 Å². The van der Waals surface area contributed by atoms with Gasteiger partial charge >= 0.3 is 0 Å². The highest BCUT2D eigenvalue weighted by Gasteiger charge is 2.09. The number of thiophene rings is 1. The number of halogens is 1. The molecule has 0 aromatic carbocycles. The smallest absolute Gasteiger partial charge is 0.0931 e. The molecule has 2 nitrogen and oxygen atoms in total. The van der Waals surface area contributed by atoms with Gasteiger partial charge < -0.3 is 5.32 Å². The number of hydrogen-bond acceptors (Lipinski definition) is 3. The molecule has 0 saturated heterocycles. The molecule has 0 spiro atoms. The topological polar surface area (TPSA) is 15.3 Å². The van der Waals surface area contributed by atoms with Crippen LogP contribution in [-0.2, 0) is 6.54 Å². The molecule has 88 valence electrons. The quantitative estimate of drug-likeness (QED) is 0.621. The monoisotopic (exact) mass is 256 g/mol. The summed E-state index contributed by atoms with van der Waals surface area (Å²) in [5.74, 6) is 2.57.